The first-order valence-electron chi connectivity index (χ1n) is 10.1. The molecule has 1 amide bonds. The van der Waals surface area contributed by atoms with Gasteiger partial charge in [-0.2, -0.15) is 0 Å². The molecule has 0 bridgehead atoms. The van der Waals surface area contributed by atoms with Gasteiger partial charge in [-0.3, -0.25) is 4.79 Å². The van der Waals surface area contributed by atoms with Crippen molar-refractivity contribution in [3.05, 3.63) is 59.7 Å². The van der Waals surface area contributed by atoms with Crippen molar-refractivity contribution < 1.29 is 9.53 Å². The molecule has 0 unspecified atom stereocenters. The Morgan fingerprint density at radius 2 is 1.97 bits per heavy atom. The molecule has 0 fully saturated rings. The highest BCUT2D eigenvalue weighted by molar-refractivity contribution is 7.99. The van der Waals surface area contributed by atoms with Crippen LogP contribution in [0.5, 0.6) is 5.75 Å². The number of aryl methyl sites for hydroxylation is 2. The topological polar surface area (TPSA) is 51.2 Å². The van der Waals surface area contributed by atoms with Crippen molar-refractivity contribution in [2.24, 2.45) is 0 Å². The zero-order valence-corrected chi connectivity index (χ0v) is 18.1. The van der Waals surface area contributed by atoms with Crippen LogP contribution in [0.3, 0.4) is 0 Å². The molecule has 5 heteroatoms. The number of unbranched alkanes of at least 4 members (excludes halogenated alkanes) is 1. The van der Waals surface area contributed by atoms with E-state index in [1.807, 2.05) is 24.3 Å². The van der Waals surface area contributed by atoms with Crippen molar-refractivity contribution >= 4 is 34.3 Å². The highest BCUT2D eigenvalue weighted by Crippen LogP contribution is 2.29. The van der Waals surface area contributed by atoms with Gasteiger partial charge < -0.3 is 10.1 Å². The Kier molecular flexibility index (Phi) is 7.53. The molecular formula is C24H28N2O2S. The number of pyridine rings is 1. The summed E-state index contributed by atoms with van der Waals surface area (Å²) in [5, 5.41) is 4.98. The number of carbonyl (C=O) groups is 1. The van der Waals surface area contributed by atoms with E-state index in [2.05, 4.69) is 43.4 Å². The van der Waals surface area contributed by atoms with E-state index in [1.165, 1.54) is 18.4 Å². The second kappa shape index (κ2) is 10.3. The smallest absolute Gasteiger partial charge is 0.225 e. The summed E-state index contributed by atoms with van der Waals surface area (Å²) in [7, 11) is 1.66. The Morgan fingerprint density at radius 1 is 1.17 bits per heavy atom. The van der Waals surface area contributed by atoms with Gasteiger partial charge in [0.2, 0.25) is 5.91 Å². The molecule has 0 saturated carbocycles. The molecule has 152 valence electrons. The van der Waals surface area contributed by atoms with Crippen LogP contribution < -0.4 is 10.1 Å². The lowest BCUT2D eigenvalue weighted by atomic mass is 10.1. The molecular weight excluding hydrogens is 380 g/mol. The maximum atomic E-state index is 12.3. The van der Waals surface area contributed by atoms with Crippen molar-refractivity contribution in [2.45, 2.75) is 44.6 Å². The normalized spacial score (nSPS) is 10.9. The van der Waals surface area contributed by atoms with Crippen molar-refractivity contribution in [3.8, 4) is 5.75 Å². The SMILES string of the molecule is CCCCc1ccc(NC(=O)CCSc2cc(C)c3cccc(OC)c3n2)cc1. The Balaban J connectivity index is 1.55. The Bertz CT molecular complexity index is 971. The number of aromatic nitrogens is 1. The fourth-order valence-electron chi connectivity index (χ4n) is 3.21. The second-order valence-electron chi connectivity index (χ2n) is 7.08. The van der Waals surface area contributed by atoms with E-state index in [0.717, 1.165) is 39.4 Å². The van der Waals surface area contributed by atoms with Crippen LogP contribution in [0.2, 0.25) is 0 Å². The summed E-state index contributed by atoms with van der Waals surface area (Å²) in [6.07, 6.45) is 3.91. The Hall–Kier alpha value is -2.53. The van der Waals surface area contributed by atoms with Crippen molar-refractivity contribution in [2.75, 3.05) is 18.2 Å². The molecule has 0 radical (unpaired) electrons. The lowest BCUT2D eigenvalue weighted by molar-refractivity contribution is -0.115. The fourth-order valence-corrected chi connectivity index (χ4v) is 4.12. The molecule has 0 spiro atoms. The molecule has 29 heavy (non-hydrogen) atoms. The Morgan fingerprint density at radius 3 is 2.69 bits per heavy atom. The lowest BCUT2D eigenvalue weighted by Crippen LogP contribution is -2.12. The number of anilines is 1. The second-order valence-corrected chi connectivity index (χ2v) is 8.20. The minimum Gasteiger partial charge on any atom is -0.494 e. The molecule has 1 aromatic heterocycles. The summed E-state index contributed by atoms with van der Waals surface area (Å²) < 4.78 is 5.44. The number of ether oxygens (including phenoxy) is 1. The number of hydrogen-bond acceptors (Lipinski definition) is 4. The third-order valence-electron chi connectivity index (χ3n) is 4.84. The largest absolute Gasteiger partial charge is 0.494 e. The zero-order chi connectivity index (χ0) is 20.6. The Labute approximate surface area is 177 Å². The predicted molar refractivity (Wildman–Crippen MR) is 122 cm³/mol. The van der Waals surface area contributed by atoms with E-state index >= 15 is 0 Å². The zero-order valence-electron chi connectivity index (χ0n) is 17.3. The minimum absolute atomic E-state index is 0.0221. The van der Waals surface area contributed by atoms with E-state index in [9.17, 15) is 4.79 Å². The predicted octanol–water partition coefficient (Wildman–Crippen LogP) is 6.02. The van der Waals surface area contributed by atoms with Gasteiger partial charge >= 0.3 is 0 Å². The van der Waals surface area contributed by atoms with E-state index in [0.29, 0.717) is 12.2 Å². The first-order chi connectivity index (χ1) is 14.1. The number of nitrogens with one attached hydrogen (secondary N) is 1. The van der Waals surface area contributed by atoms with Gasteiger partial charge in [-0.25, -0.2) is 4.98 Å². The standard InChI is InChI=1S/C24H28N2O2S/c1-4-5-7-18-10-12-19(13-11-18)25-22(27)14-15-29-23-16-17(2)20-8-6-9-21(28-3)24(20)26-23/h6,8-13,16H,4-5,7,14-15H2,1-3H3,(H,25,27). The molecule has 2 aromatic carbocycles. The molecule has 1 N–H and O–H groups in total. The van der Waals surface area contributed by atoms with Crippen LogP contribution in [-0.2, 0) is 11.2 Å². The highest BCUT2D eigenvalue weighted by Gasteiger charge is 2.09. The average Bonchev–Trinajstić information content (AvgIpc) is 2.73. The molecule has 0 aliphatic heterocycles. The number of hydrogen-bond donors (Lipinski definition) is 1. The minimum atomic E-state index is 0.0221. The van der Waals surface area contributed by atoms with Gasteiger partial charge in [-0.05, 0) is 55.2 Å². The summed E-state index contributed by atoms with van der Waals surface area (Å²) in [6, 6.07) is 16.2. The molecule has 0 aliphatic carbocycles. The number of para-hydroxylation sites is 1. The summed E-state index contributed by atoms with van der Waals surface area (Å²) in [5.74, 6) is 1.47. The molecule has 3 aromatic rings. The van der Waals surface area contributed by atoms with E-state index in [1.54, 1.807) is 18.9 Å². The molecule has 1 heterocycles. The van der Waals surface area contributed by atoms with Crippen LogP contribution >= 0.6 is 11.8 Å². The van der Waals surface area contributed by atoms with Crippen LogP contribution in [0.1, 0.15) is 37.3 Å². The number of amides is 1. The quantitative estimate of drug-likeness (QED) is 0.440. The van der Waals surface area contributed by atoms with Crippen LogP contribution in [0, 0.1) is 6.92 Å². The summed E-state index contributed by atoms with van der Waals surface area (Å²) >= 11 is 1.59. The van der Waals surface area contributed by atoms with Gasteiger partial charge in [0.1, 0.15) is 11.3 Å². The number of thioether (sulfide) groups is 1. The van der Waals surface area contributed by atoms with E-state index in [4.69, 9.17) is 9.72 Å². The monoisotopic (exact) mass is 408 g/mol. The lowest BCUT2D eigenvalue weighted by Gasteiger charge is -2.10. The third-order valence-corrected chi connectivity index (χ3v) is 5.75. The van der Waals surface area contributed by atoms with Gasteiger partial charge in [-0.1, -0.05) is 37.6 Å². The molecule has 3 rings (SSSR count). The van der Waals surface area contributed by atoms with Crippen LogP contribution in [0.4, 0.5) is 5.69 Å². The third kappa shape index (κ3) is 5.73. The first kappa shape index (κ1) is 21.2. The number of nitrogens with zero attached hydrogens (tertiary/aromatic N) is 1. The first-order valence-corrected chi connectivity index (χ1v) is 11.0. The number of benzene rings is 2. The summed E-state index contributed by atoms with van der Waals surface area (Å²) in [4.78, 5) is 17.0. The fraction of sp³-hybridized carbons (Fsp3) is 0.333. The number of rotatable bonds is 9. The van der Waals surface area contributed by atoms with Gasteiger partial charge in [-0.15, -0.1) is 11.8 Å². The molecule has 0 saturated heterocycles. The summed E-state index contributed by atoms with van der Waals surface area (Å²) in [6.45, 7) is 4.27. The van der Waals surface area contributed by atoms with Crippen molar-refractivity contribution in [1.82, 2.24) is 4.98 Å². The maximum Gasteiger partial charge on any atom is 0.225 e. The van der Waals surface area contributed by atoms with Gasteiger partial charge in [0.15, 0.2) is 0 Å². The van der Waals surface area contributed by atoms with Gasteiger partial charge in [0.05, 0.1) is 12.1 Å². The summed E-state index contributed by atoms with van der Waals surface area (Å²) in [5.41, 5.74) is 4.19. The van der Waals surface area contributed by atoms with E-state index < -0.39 is 0 Å². The van der Waals surface area contributed by atoms with Crippen molar-refractivity contribution in [1.29, 1.82) is 0 Å². The maximum absolute atomic E-state index is 12.3. The van der Waals surface area contributed by atoms with Gasteiger partial charge in [0, 0.05) is 23.2 Å². The molecule has 0 atom stereocenters. The molecule has 4 nitrogen and oxygen atoms in total. The van der Waals surface area contributed by atoms with E-state index in [-0.39, 0.29) is 5.91 Å². The molecule has 0 aliphatic rings. The number of carbonyl (C=O) groups excluding carboxylic acids is 1. The van der Waals surface area contributed by atoms with Gasteiger partial charge in [0.25, 0.3) is 0 Å². The average molecular weight is 409 g/mol. The van der Waals surface area contributed by atoms with Crippen LogP contribution in [0.25, 0.3) is 10.9 Å². The van der Waals surface area contributed by atoms with Crippen LogP contribution in [0.15, 0.2) is 53.6 Å². The number of methoxy groups -OCH3 is 1. The highest BCUT2D eigenvalue weighted by atomic mass is 32.2. The van der Waals surface area contributed by atoms with Crippen LogP contribution in [-0.4, -0.2) is 23.8 Å². The number of fused-ring (bicyclic) bond motifs is 1. The van der Waals surface area contributed by atoms with Crippen molar-refractivity contribution in [3.63, 3.8) is 0 Å².